The first kappa shape index (κ1) is 15.3. The number of carbonyl (C=O) groups is 1. The first-order valence-electron chi connectivity index (χ1n) is 6.67. The molecule has 0 aliphatic rings. The molecule has 110 valence electrons. The minimum Gasteiger partial charge on any atom is -0.465 e. The molecule has 1 aromatic heterocycles. The highest BCUT2D eigenvalue weighted by Gasteiger charge is 2.10. The van der Waals surface area contributed by atoms with Gasteiger partial charge in [-0.15, -0.1) is 0 Å². The van der Waals surface area contributed by atoms with Gasteiger partial charge in [0.15, 0.2) is 0 Å². The van der Waals surface area contributed by atoms with Crippen LogP contribution in [0.15, 0.2) is 52.5 Å². The van der Waals surface area contributed by atoms with E-state index < -0.39 is 5.97 Å². The molecule has 0 saturated carbocycles. The van der Waals surface area contributed by atoms with Gasteiger partial charge in [0.1, 0.15) is 23.2 Å². The minimum absolute atomic E-state index is 0.104. The van der Waals surface area contributed by atoms with Gasteiger partial charge in [0.25, 0.3) is 0 Å². The summed E-state index contributed by atoms with van der Waals surface area (Å²) in [6, 6.07) is 15.2. The van der Waals surface area contributed by atoms with Crippen LogP contribution >= 0.6 is 0 Å². The van der Waals surface area contributed by atoms with E-state index in [1.807, 2.05) is 43.3 Å². The van der Waals surface area contributed by atoms with Crippen molar-refractivity contribution in [2.75, 3.05) is 7.11 Å². The highest BCUT2D eigenvalue weighted by Crippen LogP contribution is 2.20. The van der Waals surface area contributed by atoms with Crippen LogP contribution in [0.4, 0.5) is 0 Å². The fourth-order valence-electron chi connectivity index (χ4n) is 1.91. The van der Waals surface area contributed by atoms with Crippen molar-refractivity contribution < 1.29 is 13.9 Å². The fourth-order valence-corrected chi connectivity index (χ4v) is 1.91. The predicted octanol–water partition coefficient (Wildman–Crippen LogP) is 3.92. The molecular formula is C18H15NO3. The molecule has 1 aromatic carbocycles. The van der Waals surface area contributed by atoms with E-state index in [4.69, 9.17) is 9.68 Å². The van der Waals surface area contributed by atoms with Gasteiger partial charge >= 0.3 is 5.97 Å². The van der Waals surface area contributed by atoms with Crippen LogP contribution < -0.4 is 0 Å². The predicted molar refractivity (Wildman–Crippen MR) is 84.3 cm³/mol. The number of furan rings is 1. The van der Waals surface area contributed by atoms with E-state index in [0.717, 1.165) is 11.1 Å². The second-order valence-electron chi connectivity index (χ2n) is 4.59. The fraction of sp³-hybridized carbons (Fsp3) is 0.111. The molecule has 0 spiro atoms. The van der Waals surface area contributed by atoms with Crippen molar-refractivity contribution in [3.05, 3.63) is 65.1 Å². The summed E-state index contributed by atoms with van der Waals surface area (Å²) < 4.78 is 10.1. The third-order valence-electron chi connectivity index (χ3n) is 3.05. The largest absolute Gasteiger partial charge is 0.465 e. The molecule has 0 aliphatic heterocycles. The van der Waals surface area contributed by atoms with Crippen LogP contribution in [-0.4, -0.2) is 13.1 Å². The third kappa shape index (κ3) is 3.74. The normalized spacial score (nSPS) is 11.9. The summed E-state index contributed by atoms with van der Waals surface area (Å²) in [7, 11) is 1.23. The summed E-state index contributed by atoms with van der Waals surface area (Å²) >= 11 is 0. The average Bonchev–Trinajstić information content (AvgIpc) is 2.99. The molecule has 2 rings (SSSR count). The third-order valence-corrected chi connectivity index (χ3v) is 3.05. The maximum absolute atomic E-state index is 11.4. The maximum Gasteiger partial charge on any atom is 0.348 e. The number of carbonyl (C=O) groups excluding carboxylic acids is 1. The van der Waals surface area contributed by atoms with Gasteiger partial charge in [-0.25, -0.2) is 4.79 Å². The Morgan fingerprint density at radius 1 is 1.14 bits per heavy atom. The van der Waals surface area contributed by atoms with Gasteiger partial charge < -0.3 is 9.15 Å². The van der Waals surface area contributed by atoms with Gasteiger partial charge in [0.05, 0.1) is 7.11 Å². The standard InChI is InChI=1S/C18H15NO3/c1-13(14-6-4-3-5-7-14)10-16-8-9-17(22-16)11-15(12-19)18(20)21-2/h3-11H,1-2H3. The molecule has 22 heavy (non-hydrogen) atoms. The van der Waals surface area contributed by atoms with Gasteiger partial charge in [-0.2, -0.15) is 5.26 Å². The second-order valence-corrected chi connectivity index (χ2v) is 4.59. The van der Waals surface area contributed by atoms with Crippen molar-refractivity contribution in [2.24, 2.45) is 0 Å². The van der Waals surface area contributed by atoms with E-state index >= 15 is 0 Å². The summed E-state index contributed by atoms with van der Waals surface area (Å²) in [6.07, 6.45) is 3.26. The zero-order valence-corrected chi connectivity index (χ0v) is 12.4. The lowest BCUT2D eigenvalue weighted by Gasteiger charge is -1.99. The van der Waals surface area contributed by atoms with Crippen molar-refractivity contribution in [3.8, 4) is 6.07 Å². The van der Waals surface area contributed by atoms with Crippen LogP contribution in [0.3, 0.4) is 0 Å². The van der Waals surface area contributed by atoms with Crippen LogP contribution in [-0.2, 0) is 9.53 Å². The van der Waals surface area contributed by atoms with Crippen molar-refractivity contribution in [3.63, 3.8) is 0 Å². The summed E-state index contributed by atoms with van der Waals surface area (Å²) in [4.78, 5) is 11.4. The molecule has 0 unspecified atom stereocenters. The second kappa shape index (κ2) is 7.09. The lowest BCUT2D eigenvalue weighted by Crippen LogP contribution is -2.02. The zero-order chi connectivity index (χ0) is 15.9. The summed E-state index contributed by atoms with van der Waals surface area (Å²) in [5.74, 6) is 0.389. The Balaban J connectivity index is 2.24. The van der Waals surface area contributed by atoms with Crippen LogP contribution in [0, 0.1) is 11.3 Å². The van der Waals surface area contributed by atoms with E-state index in [1.165, 1.54) is 13.2 Å². The quantitative estimate of drug-likeness (QED) is 0.487. The van der Waals surface area contributed by atoms with Crippen molar-refractivity contribution in [2.45, 2.75) is 6.92 Å². The highest BCUT2D eigenvalue weighted by molar-refractivity contribution is 5.97. The van der Waals surface area contributed by atoms with E-state index in [0.29, 0.717) is 11.5 Å². The Morgan fingerprint density at radius 2 is 1.77 bits per heavy atom. The number of hydrogen-bond acceptors (Lipinski definition) is 4. The van der Waals surface area contributed by atoms with Crippen LogP contribution in [0.5, 0.6) is 0 Å². The summed E-state index contributed by atoms with van der Waals surface area (Å²) in [5, 5.41) is 8.92. The number of nitrogens with zero attached hydrogens (tertiary/aromatic N) is 1. The van der Waals surface area contributed by atoms with Crippen LogP contribution in [0.1, 0.15) is 24.0 Å². The Bertz CT molecular complexity index is 761. The first-order chi connectivity index (χ1) is 10.6. The highest BCUT2D eigenvalue weighted by atomic mass is 16.5. The number of ether oxygens (including phenoxy) is 1. The Morgan fingerprint density at radius 3 is 2.36 bits per heavy atom. The molecule has 0 radical (unpaired) electrons. The molecule has 4 nitrogen and oxygen atoms in total. The molecule has 0 atom stereocenters. The monoisotopic (exact) mass is 293 g/mol. The Labute approximate surface area is 128 Å². The Kier molecular flexibility index (Phi) is 4.94. The van der Waals surface area contributed by atoms with Crippen LogP contribution in [0.2, 0.25) is 0 Å². The number of allylic oxidation sites excluding steroid dienone is 1. The average molecular weight is 293 g/mol. The zero-order valence-electron chi connectivity index (χ0n) is 12.4. The molecule has 0 fully saturated rings. The van der Waals surface area contributed by atoms with Gasteiger partial charge in [-0.1, -0.05) is 30.3 Å². The molecule has 0 saturated heterocycles. The van der Waals surface area contributed by atoms with E-state index in [-0.39, 0.29) is 5.57 Å². The van der Waals surface area contributed by atoms with Crippen molar-refractivity contribution >= 4 is 23.7 Å². The molecule has 0 aliphatic carbocycles. The molecule has 4 heteroatoms. The number of benzene rings is 1. The SMILES string of the molecule is COC(=O)C(C#N)=Cc1ccc(C=C(C)c2ccccc2)o1. The van der Waals surface area contributed by atoms with Gasteiger partial charge in [0.2, 0.25) is 0 Å². The number of rotatable bonds is 4. The molecular weight excluding hydrogens is 278 g/mol. The molecule has 1 heterocycles. The number of hydrogen-bond donors (Lipinski definition) is 0. The minimum atomic E-state index is -0.684. The molecule has 0 amide bonds. The van der Waals surface area contributed by atoms with Gasteiger partial charge in [-0.05, 0) is 36.3 Å². The lowest BCUT2D eigenvalue weighted by molar-refractivity contribution is -0.135. The van der Waals surface area contributed by atoms with Gasteiger partial charge in [-0.3, -0.25) is 0 Å². The smallest absolute Gasteiger partial charge is 0.348 e. The van der Waals surface area contributed by atoms with Crippen molar-refractivity contribution in [1.29, 1.82) is 5.26 Å². The number of nitriles is 1. The summed E-state index contributed by atoms with van der Waals surface area (Å²) in [6.45, 7) is 1.99. The molecule has 0 bridgehead atoms. The molecule has 0 N–H and O–H groups in total. The number of methoxy groups -OCH3 is 1. The molecule has 2 aromatic rings. The van der Waals surface area contributed by atoms with Crippen LogP contribution in [0.25, 0.3) is 17.7 Å². The van der Waals surface area contributed by atoms with E-state index in [9.17, 15) is 4.79 Å². The topological polar surface area (TPSA) is 63.2 Å². The van der Waals surface area contributed by atoms with Crippen molar-refractivity contribution in [1.82, 2.24) is 0 Å². The summed E-state index contributed by atoms with van der Waals surface area (Å²) in [5.41, 5.74) is 2.05. The Hall–Kier alpha value is -3.06. The lowest BCUT2D eigenvalue weighted by atomic mass is 10.1. The van der Waals surface area contributed by atoms with Gasteiger partial charge in [0, 0.05) is 6.08 Å². The number of esters is 1. The van der Waals surface area contributed by atoms with E-state index in [2.05, 4.69) is 4.74 Å². The first-order valence-corrected chi connectivity index (χ1v) is 6.67. The van der Waals surface area contributed by atoms with E-state index in [1.54, 1.807) is 18.2 Å². The maximum atomic E-state index is 11.4.